The van der Waals surface area contributed by atoms with Gasteiger partial charge in [0.25, 0.3) is 0 Å². The van der Waals surface area contributed by atoms with E-state index in [-0.39, 0.29) is 18.0 Å². The molecular formula is C20H31ClN6O2S. The minimum absolute atomic E-state index is 0.0350. The van der Waals surface area contributed by atoms with Crippen LogP contribution in [0.25, 0.3) is 0 Å². The molecule has 2 aliphatic rings. The molecule has 1 N–H and O–H groups in total. The molecule has 1 aromatic heterocycles. The highest BCUT2D eigenvalue weighted by Crippen LogP contribution is 2.25. The van der Waals surface area contributed by atoms with Crippen molar-refractivity contribution in [2.24, 2.45) is 5.92 Å². The van der Waals surface area contributed by atoms with Gasteiger partial charge in [0.2, 0.25) is 5.91 Å². The Morgan fingerprint density at radius 2 is 1.93 bits per heavy atom. The molecule has 2 saturated heterocycles. The summed E-state index contributed by atoms with van der Waals surface area (Å²) >= 11 is 7.57. The number of rotatable bonds is 5. The van der Waals surface area contributed by atoms with Gasteiger partial charge in [-0.1, -0.05) is 30.3 Å². The first-order valence-electron chi connectivity index (χ1n) is 10.6. The fraction of sp³-hybridized carbons (Fsp3) is 0.700. The average Bonchev–Trinajstić information content (AvgIpc) is 2.72. The van der Waals surface area contributed by atoms with E-state index in [9.17, 15) is 9.59 Å². The van der Waals surface area contributed by atoms with Crippen molar-refractivity contribution in [1.82, 2.24) is 25.1 Å². The third-order valence-corrected chi connectivity index (χ3v) is 6.69. The van der Waals surface area contributed by atoms with Gasteiger partial charge in [0.15, 0.2) is 5.16 Å². The van der Waals surface area contributed by atoms with E-state index in [1.54, 1.807) is 6.07 Å². The first-order valence-corrected chi connectivity index (χ1v) is 12.0. The minimum Gasteiger partial charge on any atom is -0.353 e. The number of nitrogens with zero attached hydrogens (tertiary/aromatic N) is 5. The number of halogens is 1. The number of likely N-dealkylation sites (tertiary alicyclic amines) is 1. The van der Waals surface area contributed by atoms with Gasteiger partial charge in [0.05, 0.1) is 5.75 Å². The van der Waals surface area contributed by atoms with Gasteiger partial charge in [-0.3, -0.25) is 4.79 Å². The third-order valence-electron chi connectivity index (χ3n) is 5.66. The van der Waals surface area contributed by atoms with Crippen LogP contribution in [0.3, 0.4) is 0 Å². The molecule has 2 aliphatic heterocycles. The summed E-state index contributed by atoms with van der Waals surface area (Å²) in [5, 5.41) is 3.73. The number of carbonyl (C=O) groups is 2. The smallest absolute Gasteiger partial charge is 0.317 e. The Morgan fingerprint density at radius 1 is 1.20 bits per heavy atom. The van der Waals surface area contributed by atoms with Crippen LogP contribution < -0.4 is 10.2 Å². The maximum absolute atomic E-state index is 12.5. The molecule has 0 bridgehead atoms. The number of urea groups is 1. The number of aromatic nitrogens is 2. The lowest BCUT2D eigenvalue weighted by molar-refractivity contribution is -0.129. The Morgan fingerprint density at radius 3 is 2.60 bits per heavy atom. The SMILES string of the molecule is CCNC(=O)N1CCN(c2cc(Cl)nc(SCC(=O)N3CCC(C)CC3)n2)CC1C. The normalized spacial score (nSPS) is 20.4. The topological polar surface area (TPSA) is 81.7 Å². The van der Waals surface area contributed by atoms with Crippen molar-refractivity contribution in [3.05, 3.63) is 11.2 Å². The summed E-state index contributed by atoms with van der Waals surface area (Å²) in [5.74, 6) is 1.87. The number of nitrogens with one attached hydrogen (secondary N) is 1. The second-order valence-corrected chi connectivity index (χ2v) is 9.34. The van der Waals surface area contributed by atoms with Crippen molar-refractivity contribution < 1.29 is 9.59 Å². The van der Waals surface area contributed by atoms with Crippen molar-refractivity contribution in [2.75, 3.05) is 49.9 Å². The van der Waals surface area contributed by atoms with Crippen molar-refractivity contribution in [3.8, 4) is 0 Å². The molecule has 0 radical (unpaired) electrons. The standard InChI is InChI=1S/C20H31ClN6O2S/c1-4-22-20(29)27-10-9-26(12-15(27)3)17-11-16(21)23-19(24-17)30-13-18(28)25-7-5-14(2)6-8-25/h11,14-15H,4-10,12-13H2,1-3H3,(H,22,29). The molecule has 1 atom stereocenters. The van der Waals surface area contributed by atoms with E-state index in [1.807, 2.05) is 23.6 Å². The first-order chi connectivity index (χ1) is 14.4. The van der Waals surface area contributed by atoms with Gasteiger partial charge < -0.3 is 20.0 Å². The molecule has 2 fully saturated rings. The number of amides is 3. The number of piperidine rings is 1. The highest BCUT2D eigenvalue weighted by atomic mass is 35.5. The molecule has 1 unspecified atom stereocenters. The van der Waals surface area contributed by atoms with Crippen molar-refractivity contribution >= 4 is 41.1 Å². The monoisotopic (exact) mass is 454 g/mol. The van der Waals surface area contributed by atoms with Gasteiger partial charge in [-0.25, -0.2) is 14.8 Å². The van der Waals surface area contributed by atoms with Crippen LogP contribution in [0.15, 0.2) is 11.2 Å². The van der Waals surface area contributed by atoms with E-state index in [4.69, 9.17) is 11.6 Å². The lowest BCUT2D eigenvalue weighted by Gasteiger charge is -2.40. The first kappa shape index (κ1) is 22.9. The summed E-state index contributed by atoms with van der Waals surface area (Å²) < 4.78 is 0. The molecule has 3 rings (SSSR count). The zero-order valence-electron chi connectivity index (χ0n) is 17.9. The molecule has 0 aliphatic carbocycles. The van der Waals surface area contributed by atoms with Crippen LogP contribution >= 0.6 is 23.4 Å². The van der Waals surface area contributed by atoms with Gasteiger partial charge >= 0.3 is 6.03 Å². The Kier molecular flexibility index (Phi) is 8.05. The van der Waals surface area contributed by atoms with E-state index in [2.05, 4.69) is 27.1 Å². The van der Waals surface area contributed by atoms with Gasteiger partial charge in [-0.15, -0.1) is 0 Å². The average molecular weight is 455 g/mol. The van der Waals surface area contributed by atoms with E-state index >= 15 is 0 Å². The fourth-order valence-electron chi connectivity index (χ4n) is 3.81. The number of hydrogen-bond acceptors (Lipinski definition) is 6. The van der Waals surface area contributed by atoms with Crippen LogP contribution in [0.4, 0.5) is 10.6 Å². The molecule has 3 amide bonds. The van der Waals surface area contributed by atoms with Crippen LogP contribution in [0.1, 0.15) is 33.6 Å². The number of piperazine rings is 1. The lowest BCUT2D eigenvalue weighted by Crippen LogP contribution is -2.56. The number of thioether (sulfide) groups is 1. The summed E-state index contributed by atoms with van der Waals surface area (Å²) in [6, 6.07) is 1.76. The molecule has 0 saturated carbocycles. The van der Waals surface area contributed by atoms with Crippen molar-refractivity contribution in [1.29, 1.82) is 0 Å². The third kappa shape index (κ3) is 5.91. The quantitative estimate of drug-likeness (QED) is 0.418. The minimum atomic E-state index is -0.0350. The van der Waals surface area contributed by atoms with Crippen molar-refractivity contribution in [2.45, 2.75) is 44.8 Å². The molecule has 166 valence electrons. The van der Waals surface area contributed by atoms with E-state index in [1.165, 1.54) is 11.8 Å². The highest BCUT2D eigenvalue weighted by Gasteiger charge is 2.28. The van der Waals surface area contributed by atoms with Crippen LogP contribution in [-0.2, 0) is 4.79 Å². The Labute approximate surface area is 187 Å². The number of carbonyl (C=O) groups excluding carboxylic acids is 2. The van der Waals surface area contributed by atoms with Gasteiger partial charge in [-0.2, -0.15) is 0 Å². The maximum atomic E-state index is 12.5. The highest BCUT2D eigenvalue weighted by molar-refractivity contribution is 7.99. The zero-order chi connectivity index (χ0) is 21.7. The van der Waals surface area contributed by atoms with E-state index < -0.39 is 0 Å². The molecule has 0 aromatic carbocycles. The largest absolute Gasteiger partial charge is 0.353 e. The van der Waals surface area contributed by atoms with Crippen LogP contribution in [0.2, 0.25) is 5.15 Å². The molecular weight excluding hydrogens is 424 g/mol. The molecule has 30 heavy (non-hydrogen) atoms. The molecule has 10 heteroatoms. The zero-order valence-corrected chi connectivity index (χ0v) is 19.5. The van der Waals surface area contributed by atoms with E-state index in [0.29, 0.717) is 48.2 Å². The Hall–Kier alpha value is -1.74. The predicted octanol–water partition coefficient (Wildman–Crippen LogP) is 2.72. The maximum Gasteiger partial charge on any atom is 0.317 e. The van der Waals surface area contributed by atoms with E-state index in [0.717, 1.165) is 31.7 Å². The van der Waals surface area contributed by atoms with Crippen LogP contribution in [-0.4, -0.2) is 82.8 Å². The number of hydrogen-bond donors (Lipinski definition) is 1. The molecule has 1 aromatic rings. The molecule has 3 heterocycles. The molecule has 0 spiro atoms. The van der Waals surface area contributed by atoms with Gasteiger partial charge in [0, 0.05) is 51.4 Å². The van der Waals surface area contributed by atoms with Gasteiger partial charge in [-0.05, 0) is 32.6 Å². The molecule has 8 nitrogen and oxygen atoms in total. The van der Waals surface area contributed by atoms with Gasteiger partial charge in [0.1, 0.15) is 11.0 Å². The lowest BCUT2D eigenvalue weighted by atomic mass is 9.99. The summed E-state index contributed by atoms with van der Waals surface area (Å²) in [4.78, 5) is 39.5. The van der Waals surface area contributed by atoms with Crippen molar-refractivity contribution in [3.63, 3.8) is 0 Å². The second kappa shape index (κ2) is 10.5. The fourth-order valence-corrected chi connectivity index (χ4v) is 4.79. The van der Waals surface area contributed by atoms with Crippen LogP contribution in [0, 0.1) is 5.92 Å². The predicted molar refractivity (Wildman–Crippen MR) is 120 cm³/mol. The Balaban J connectivity index is 1.59. The second-order valence-electron chi connectivity index (χ2n) is 8.01. The summed E-state index contributed by atoms with van der Waals surface area (Å²) in [6.07, 6.45) is 2.13. The summed E-state index contributed by atoms with van der Waals surface area (Å²) in [7, 11) is 0. The van der Waals surface area contributed by atoms with Crippen LogP contribution in [0.5, 0.6) is 0 Å². The summed E-state index contributed by atoms with van der Waals surface area (Å²) in [5.41, 5.74) is 0. The Bertz CT molecular complexity index is 759. The number of anilines is 1. The summed E-state index contributed by atoms with van der Waals surface area (Å²) in [6.45, 7) is 10.4.